The van der Waals surface area contributed by atoms with Crippen LogP contribution in [0.25, 0.3) is 0 Å². The van der Waals surface area contributed by atoms with Gasteiger partial charge in [-0.3, -0.25) is 9.59 Å². The van der Waals surface area contributed by atoms with Gasteiger partial charge in [-0.15, -0.1) is 0 Å². The highest BCUT2D eigenvalue weighted by molar-refractivity contribution is 7.89. The monoisotopic (exact) mass is 440 g/mol. The van der Waals surface area contributed by atoms with E-state index in [-0.39, 0.29) is 5.69 Å². The van der Waals surface area contributed by atoms with E-state index in [0.29, 0.717) is 0 Å². The van der Waals surface area contributed by atoms with Gasteiger partial charge in [0.25, 0.3) is 5.91 Å². The summed E-state index contributed by atoms with van der Waals surface area (Å²) in [6.45, 7) is 4.41. The van der Waals surface area contributed by atoms with Gasteiger partial charge >= 0.3 is 5.97 Å². The van der Waals surface area contributed by atoms with Crippen molar-refractivity contribution in [3.05, 3.63) is 60.2 Å². The summed E-state index contributed by atoms with van der Waals surface area (Å²) in [5, 5.41) is 2.39. The minimum Gasteiger partial charge on any atom is -0.451 e. The second-order valence-electron chi connectivity index (χ2n) is 6.85. The molecule has 2 aromatic rings. The number of nitrogens with one attached hydrogen (secondary N) is 2. The molecular weight excluding hydrogens is 418 g/mol. The molecule has 0 saturated carbocycles. The van der Waals surface area contributed by atoms with Gasteiger partial charge in [-0.2, -0.15) is 4.72 Å². The smallest absolute Gasteiger partial charge is 0.325 e. The number of amides is 1. The van der Waals surface area contributed by atoms with Gasteiger partial charge in [-0.25, -0.2) is 17.2 Å². The van der Waals surface area contributed by atoms with E-state index in [0.717, 1.165) is 18.2 Å². The van der Waals surface area contributed by atoms with E-state index in [9.17, 15) is 26.8 Å². The van der Waals surface area contributed by atoms with Crippen LogP contribution >= 0.6 is 0 Å². The van der Waals surface area contributed by atoms with Crippen molar-refractivity contribution in [2.75, 3.05) is 5.32 Å². The Morgan fingerprint density at radius 3 is 2.27 bits per heavy atom. The molecule has 30 heavy (non-hydrogen) atoms. The van der Waals surface area contributed by atoms with Crippen LogP contribution in [0.2, 0.25) is 0 Å². The van der Waals surface area contributed by atoms with Crippen molar-refractivity contribution in [3.63, 3.8) is 0 Å². The lowest BCUT2D eigenvalue weighted by molar-refractivity contribution is -0.155. The summed E-state index contributed by atoms with van der Waals surface area (Å²) in [7, 11) is -4.36. The predicted octanol–water partition coefficient (Wildman–Crippen LogP) is 2.84. The Balaban J connectivity index is 2.09. The molecule has 2 rings (SSSR count). The zero-order chi connectivity index (χ0) is 22.5. The van der Waals surface area contributed by atoms with E-state index in [1.165, 1.54) is 37.3 Å². The number of rotatable bonds is 8. The lowest BCUT2D eigenvalue weighted by Crippen LogP contribution is -2.47. The number of carbonyl (C=O) groups is 2. The lowest BCUT2D eigenvalue weighted by atomic mass is 10.1. The molecule has 10 heteroatoms. The maximum absolute atomic E-state index is 13.9. The third-order valence-electron chi connectivity index (χ3n) is 4.08. The van der Waals surface area contributed by atoms with E-state index in [1.54, 1.807) is 13.8 Å². The highest BCUT2D eigenvalue weighted by Crippen LogP contribution is 2.17. The second-order valence-corrected chi connectivity index (χ2v) is 8.53. The Bertz CT molecular complexity index is 1030. The topological polar surface area (TPSA) is 102 Å². The lowest BCUT2D eigenvalue weighted by Gasteiger charge is -2.23. The van der Waals surface area contributed by atoms with Gasteiger partial charge in [0.05, 0.1) is 0 Å². The van der Waals surface area contributed by atoms with Crippen molar-refractivity contribution in [3.8, 4) is 0 Å². The number of hydrogen-bond donors (Lipinski definition) is 2. The molecule has 0 aliphatic carbocycles. The van der Waals surface area contributed by atoms with Crippen molar-refractivity contribution < 1.29 is 31.5 Å². The first-order valence-corrected chi connectivity index (χ1v) is 10.5. The third kappa shape index (κ3) is 6.07. The van der Waals surface area contributed by atoms with Gasteiger partial charge in [0.15, 0.2) is 6.10 Å². The maximum atomic E-state index is 13.9. The number of halogens is 2. The van der Waals surface area contributed by atoms with Crippen LogP contribution in [0.3, 0.4) is 0 Å². The molecule has 0 bridgehead atoms. The fourth-order valence-corrected chi connectivity index (χ4v) is 3.87. The molecule has 0 aliphatic rings. The highest BCUT2D eigenvalue weighted by atomic mass is 32.2. The fourth-order valence-electron chi connectivity index (χ4n) is 2.46. The number of anilines is 1. The highest BCUT2D eigenvalue weighted by Gasteiger charge is 2.32. The Kier molecular flexibility index (Phi) is 7.63. The summed E-state index contributed by atoms with van der Waals surface area (Å²) in [4.78, 5) is 24.1. The van der Waals surface area contributed by atoms with Crippen LogP contribution in [0.4, 0.5) is 14.5 Å². The summed E-state index contributed by atoms with van der Waals surface area (Å²) in [5.41, 5.74) is 0.170. The van der Waals surface area contributed by atoms with Crippen LogP contribution in [0.15, 0.2) is 53.4 Å². The molecule has 162 valence electrons. The summed E-state index contributed by atoms with van der Waals surface area (Å²) in [5.74, 6) is -3.82. The van der Waals surface area contributed by atoms with Crippen molar-refractivity contribution >= 4 is 27.6 Å². The molecule has 0 radical (unpaired) electrons. The molecule has 1 amide bonds. The van der Waals surface area contributed by atoms with E-state index in [4.69, 9.17) is 4.74 Å². The van der Waals surface area contributed by atoms with Gasteiger partial charge in [0, 0.05) is 5.69 Å². The van der Waals surface area contributed by atoms with E-state index in [2.05, 4.69) is 10.0 Å². The third-order valence-corrected chi connectivity index (χ3v) is 5.56. The first-order valence-electron chi connectivity index (χ1n) is 9.05. The van der Waals surface area contributed by atoms with Crippen molar-refractivity contribution in [1.29, 1.82) is 0 Å². The van der Waals surface area contributed by atoms with Crippen LogP contribution in [-0.4, -0.2) is 32.4 Å². The molecule has 2 aromatic carbocycles. The molecule has 0 saturated heterocycles. The average molecular weight is 440 g/mol. The molecule has 2 N–H and O–H groups in total. The van der Waals surface area contributed by atoms with Crippen LogP contribution < -0.4 is 10.0 Å². The minimum atomic E-state index is -4.36. The normalized spacial score (nSPS) is 13.5. The SMILES string of the molecule is CC(OC(=O)[C@@H](NS(=O)(=O)c1ccccc1F)C(C)C)C(=O)Nc1cccc(F)c1. The number of esters is 1. The van der Waals surface area contributed by atoms with Gasteiger partial charge < -0.3 is 10.1 Å². The van der Waals surface area contributed by atoms with Gasteiger partial charge in [-0.1, -0.05) is 32.0 Å². The molecule has 2 atom stereocenters. The summed E-state index contributed by atoms with van der Waals surface area (Å²) in [6, 6.07) is 8.51. The largest absolute Gasteiger partial charge is 0.451 e. The first-order chi connectivity index (χ1) is 14.0. The number of ether oxygens (including phenoxy) is 1. The zero-order valence-corrected chi connectivity index (χ0v) is 17.4. The number of carbonyl (C=O) groups excluding carboxylic acids is 2. The zero-order valence-electron chi connectivity index (χ0n) is 16.6. The quantitative estimate of drug-likeness (QED) is 0.615. The van der Waals surface area contributed by atoms with E-state index in [1.807, 2.05) is 0 Å². The molecular formula is C20H22F2N2O5S. The average Bonchev–Trinajstić information content (AvgIpc) is 2.66. The predicted molar refractivity (Wildman–Crippen MR) is 106 cm³/mol. The van der Waals surface area contributed by atoms with Crippen LogP contribution in [-0.2, 0) is 24.3 Å². The fraction of sp³-hybridized carbons (Fsp3) is 0.300. The second kappa shape index (κ2) is 9.77. The number of sulfonamides is 1. The van der Waals surface area contributed by atoms with Crippen molar-refractivity contribution in [2.45, 2.75) is 37.8 Å². The maximum Gasteiger partial charge on any atom is 0.325 e. The minimum absolute atomic E-state index is 0.170. The molecule has 0 fully saturated rings. The Morgan fingerprint density at radius 2 is 1.67 bits per heavy atom. The molecule has 0 heterocycles. The Morgan fingerprint density at radius 1 is 1.00 bits per heavy atom. The van der Waals surface area contributed by atoms with E-state index >= 15 is 0 Å². The van der Waals surface area contributed by atoms with E-state index < -0.39 is 56.5 Å². The van der Waals surface area contributed by atoms with Crippen molar-refractivity contribution in [1.82, 2.24) is 4.72 Å². The molecule has 7 nitrogen and oxygen atoms in total. The molecule has 0 aliphatic heterocycles. The van der Waals surface area contributed by atoms with Gasteiger partial charge in [0.1, 0.15) is 22.6 Å². The molecule has 1 unspecified atom stereocenters. The number of benzene rings is 2. The van der Waals surface area contributed by atoms with Gasteiger partial charge in [0.2, 0.25) is 10.0 Å². The Labute approximate surface area is 173 Å². The van der Waals surface area contributed by atoms with Crippen LogP contribution in [0, 0.1) is 17.6 Å². The molecule has 0 spiro atoms. The summed E-state index contributed by atoms with van der Waals surface area (Å²) < 4.78 is 59.3. The summed E-state index contributed by atoms with van der Waals surface area (Å²) in [6.07, 6.45) is -1.29. The molecule has 0 aromatic heterocycles. The standard InChI is InChI=1S/C20H22F2N2O5S/c1-12(2)18(24-30(27,28)17-10-5-4-9-16(17)22)20(26)29-13(3)19(25)23-15-8-6-7-14(21)11-15/h4-13,18,24H,1-3H3,(H,23,25)/t13?,18-/m0/s1. The van der Waals surface area contributed by atoms with Crippen LogP contribution in [0.5, 0.6) is 0 Å². The first kappa shape index (κ1) is 23.4. The summed E-state index contributed by atoms with van der Waals surface area (Å²) >= 11 is 0. The van der Waals surface area contributed by atoms with Crippen LogP contribution in [0.1, 0.15) is 20.8 Å². The Hall–Kier alpha value is -2.85. The van der Waals surface area contributed by atoms with Crippen molar-refractivity contribution in [2.24, 2.45) is 5.92 Å². The van der Waals surface area contributed by atoms with Gasteiger partial charge in [-0.05, 0) is 43.2 Å². The number of hydrogen-bond acceptors (Lipinski definition) is 5.